The van der Waals surface area contributed by atoms with Gasteiger partial charge in [0.25, 0.3) is 0 Å². The van der Waals surface area contributed by atoms with Crippen LogP contribution in [0, 0.1) is 12.8 Å². The zero-order valence-corrected chi connectivity index (χ0v) is 13.0. The van der Waals surface area contributed by atoms with Crippen molar-refractivity contribution in [1.82, 2.24) is 15.2 Å². The molecule has 1 saturated heterocycles. The molecule has 0 spiro atoms. The Labute approximate surface area is 131 Å². The number of hydrogen-bond donors (Lipinski definition) is 2. The molecule has 0 radical (unpaired) electrons. The number of nitrogens with two attached hydrogens (primary N) is 1. The third kappa shape index (κ3) is 5.02. The summed E-state index contributed by atoms with van der Waals surface area (Å²) >= 11 is 0. The van der Waals surface area contributed by atoms with E-state index in [1.807, 2.05) is 25.3 Å². The molecule has 1 aliphatic rings. The normalized spacial score (nSPS) is 18.0. The van der Waals surface area contributed by atoms with Crippen molar-refractivity contribution < 1.29 is 9.59 Å². The number of amides is 3. The highest BCUT2D eigenvalue weighted by Gasteiger charge is 2.24. The van der Waals surface area contributed by atoms with Crippen LogP contribution in [0.25, 0.3) is 0 Å². The number of urea groups is 1. The Bertz CT molecular complexity index is 515. The fraction of sp³-hybridized carbons (Fsp3) is 0.562. The fourth-order valence-corrected chi connectivity index (χ4v) is 2.77. The lowest BCUT2D eigenvalue weighted by molar-refractivity contribution is -0.119. The summed E-state index contributed by atoms with van der Waals surface area (Å²) in [6, 6.07) is 3.93. The van der Waals surface area contributed by atoms with Crippen molar-refractivity contribution in [1.29, 1.82) is 0 Å². The molecule has 2 heterocycles. The van der Waals surface area contributed by atoms with Gasteiger partial charge in [-0.3, -0.25) is 9.78 Å². The zero-order valence-electron chi connectivity index (χ0n) is 13.0. The summed E-state index contributed by atoms with van der Waals surface area (Å²) in [6.07, 6.45) is 4.84. The molecule has 1 aromatic rings. The summed E-state index contributed by atoms with van der Waals surface area (Å²) in [4.78, 5) is 29.2. The lowest BCUT2D eigenvalue weighted by Gasteiger charge is -2.32. The van der Waals surface area contributed by atoms with Gasteiger partial charge in [-0.2, -0.15) is 0 Å². The molecule has 1 aliphatic heterocycles. The summed E-state index contributed by atoms with van der Waals surface area (Å²) in [6.45, 7) is 3.89. The van der Waals surface area contributed by atoms with Crippen molar-refractivity contribution in [3.63, 3.8) is 0 Å². The van der Waals surface area contributed by atoms with Crippen LogP contribution in [0.5, 0.6) is 0 Å². The molecule has 2 rings (SSSR count). The van der Waals surface area contributed by atoms with E-state index in [2.05, 4.69) is 10.3 Å². The van der Waals surface area contributed by atoms with Gasteiger partial charge in [-0.15, -0.1) is 0 Å². The van der Waals surface area contributed by atoms with Crippen LogP contribution in [0.1, 0.15) is 30.5 Å². The number of rotatable bonds is 5. The first-order chi connectivity index (χ1) is 10.5. The van der Waals surface area contributed by atoms with E-state index in [0.29, 0.717) is 19.5 Å². The summed E-state index contributed by atoms with van der Waals surface area (Å²) in [5.41, 5.74) is 7.33. The predicted molar refractivity (Wildman–Crippen MR) is 84.2 cm³/mol. The monoisotopic (exact) mass is 304 g/mol. The smallest absolute Gasteiger partial charge is 0.317 e. The molecular weight excluding hydrogens is 280 g/mol. The molecule has 1 fully saturated rings. The molecule has 3 amide bonds. The molecule has 120 valence electrons. The zero-order chi connectivity index (χ0) is 15.9. The highest BCUT2D eigenvalue weighted by molar-refractivity contribution is 5.75. The highest BCUT2D eigenvalue weighted by atomic mass is 16.2. The van der Waals surface area contributed by atoms with Gasteiger partial charge in [0.1, 0.15) is 0 Å². The Morgan fingerprint density at radius 3 is 2.95 bits per heavy atom. The van der Waals surface area contributed by atoms with Gasteiger partial charge in [-0.05, 0) is 43.7 Å². The maximum absolute atomic E-state index is 12.2. The van der Waals surface area contributed by atoms with Crippen molar-refractivity contribution in [3.05, 3.63) is 29.6 Å². The molecule has 1 aromatic heterocycles. The second-order valence-corrected chi connectivity index (χ2v) is 5.91. The van der Waals surface area contributed by atoms with Crippen LogP contribution >= 0.6 is 0 Å². The number of piperidine rings is 1. The van der Waals surface area contributed by atoms with E-state index >= 15 is 0 Å². The van der Waals surface area contributed by atoms with Gasteiger partial charge in [0.15, 0.2) is 0 Å². The summed E-state index contributed by atoms with van der Waals surface area (Å²) in [7, 11) is 0. The fourth-order valence-electron chi connectivity index (χ4n) is 2.77. The van der Waals surface area contributed by atoms with Gasteiger partial charge >= 0.3 is 6.03 Å². The number of carbonyl (C=O) groups is 2. The molecule has 1 atom stereocenters. The number of aromatic nitrogens is 1. The summed E-state index contributed by atoms with van der Waals surface area (Å²) in [5.74, 6) is -0.0996. The molecule has 0 aromatic carbocycles. The second-order valence-electron chi connectivity index (χ2n) is 5.91. The Morgan fingerprint density at radius 1 is 1.45 bits per heavy atom. The molecule has 0 aliphatic carbocycles. The van der Waals surface area contributed by atoms with E-state index in [9.17, 15) is 9.59 Å². The lowest BCUT2D eigenvalue weighted by Crippen LogP contribution is -2.46. The van der Waals surface area contributed by atoms with Gasteiger partial charge < -0.3 is 16.0 Å². The van der Waals surface area contributed by atoms with E-state index in [0.717, 1.165) is 37.1 Å². The average molecular weight is 304 g/mol. The number of carbonyl (C=O) groups excluding carboxylic acids is 2. The van der Waals surface area contributed by atoms with E-state index in [4.69, 9.17) is 5.73 Å². The molecule has 6 nitrogen and oxygen atoms in total. The molecule has 0 bridgehead atoms. The second kappa shape index (κ2) is 7.77. The van der Waals surface area contributed by atoms with Crippen LogP contribution in [-0.2, 0) is 11.2 Å². The van der Waals surface area contributed by atoms with E-state index in [1.165, 1.54) is 0 Å². The first kappa shape index (κ1) is 16.3. The minimum Gasteiger partial charge on any atom is -0.370 e. The van der Waals surface area contributed by atoms with Gasteiger partial charge in [0.2, 0.25) is 5.91 Å². The third-order valence-corrected chi connectivity index (χ3v) is 3.96. The maximum Gasteiger partial charge on any atom is 0.317 e. The standard InChI is InChI=1S/C16H24N4O2/c1-12-4-5-13(10-19-12)6-7-18-16(22)20-8-2-3-14(11-20)9-15(17)21/h4-5,10,14H,2-3,6-9,11H2,1H3,(H2,17,21)(H,18,22)/t14-/m1/s1. The topological polar surface area (TPSA) is 88.3 Å². The molecule has 3 N–H and O–H groups in total. The molecular formula is C16H24N4O2. The van der Waals surface area contributed by atoms with Crippen LogP contribution in [-0.4, -0.2) is 41.5 Å². The minimum absolute atomic E-state index is 0.0609. The van der Waals surface area contributed by atoms with Crippen LogP contribution < -0.4 is 11.1 Å². The van der Waals surface area contributed by atoms with Crippen molar-refractivity contribution in [3.8, 4) is 0 Å². The SMILES string of the molecule is Cc1ccc(CCNC(=O)N2CCC[C@H](CC(N)=O)C2)cn1. The van der Waals surface area contributed by atoms with Gasteiger partial charge in [-0.25, -0.2) is 4.79 Å². The number of likely N-dealkylation sites (tertiary alicyclic amines) is 1. The van der Waals surface area contributed by atoms with E-state index < -0.39 is 0 Å². The number of pyridine rings is 1. The number of aryl methyl sites for hydroxylation is 1. The molecule has 0 saturated carbocycles. The summed E-state index contributed by atoms with van der Waals surface area (Å²) < 4.78 is 0. The van der Waals surface area contributed by atoms with Gasteiger partial charge in [-0.1, -0.05) is 6.07 Å². The van der Waals surface area contributed by atoms with Crippen molar-refractivity contribution >= 4 is 11.9 Å². The van der Waals surface area contributed by atoms with Crippen molar-refractivity contribution in [2.75, 3.05) is 19.6 Å². The van der Waals surface area contributed by atoms with Crippen LogP contribution in [0.4, 0.5) is 4.79 Å². The Morgan fingerprint density at radius 2 is 2.27 bits per heavy atom. The molecule has 6 heteroatoms. The summed E-state index contributed by atoms with van der Waals surface area (Å²) in [5, 5.41) is 2.93. The maximum atomic E-state index is 12.2. The Hall–Kier alpha value is -2.11. The lowest BCUT2D eigenvalue weighted by atomic mass is 9.95. The van der Waals surface area contributed by atoms with Crippen LogP contribution in [0.3, 0.4) is 0 Å². The highest BCUT2D eigenvalue weighted by Crippen LogP contribution is 2.19. The number of nitrogens with one attached hydrogen (secondary N) is 1. The van der Waals surface area contributed by atoms with Gasteiger partial charge in [0.05, 0.1) is 0 Å². The third-order valence-electron chi connectivity index (χ3n) is 3.96. The number of hydrogen-bond acceptors (Lipinski definition) is 3. The van der Waals surface area contributed by atoms with E-state index in [-0.39, 0.29) is 17.9 Å². The Balaban J connectivity index is 1.74. The number of primary amides is 1. The quantitative estimate of drug-likeness (QED) is 0.857. The average Bonchev–Trinajstić information content (AvgIpc) is 2.49. The first-order valence-corrected chi connectivity index (χ1v) is 7.77. The largest absolute Gasteiger partial charge is 0.370 e. The van der Waals surface area contributed by atoms with Crippen molar-refractivity contribution in [2.45, 2.75) is 32.6 Å². The predicted octanol–water partition coefficient (Wildman–Crippen LogP) is 1.23. The first-order valence-electron chi connectivity index (χ1n) is 7.77. The molecule has 22 heavy (non-hydrogen) atoms. The van der Waals surface area contributed by atoms with Crippen LogP contribution in [0.15, 0.2) is 18.3 Å². The van der Waals surface area contributed by atoms with Crippen LogP contribution in [0.2, 0.25) is 0 Å². The van der Waals surface area contributed by atoms with Gasteiger partial charge in [0, 0.05) is 37.9 Å². The van der Waals surface area contributed by atoms with Crippen molar-refractivity contribution in [2.24, 2.45) is 11.7 Å². The van der Waals surface area contributed by atoms with E-state index in [1.54, 1.807) is 4.90 Å². The minimum atomic E-state index is -0.292. The number of nitrogens with zero attached hydrogens (tertiary/aromatic N) is 2. The molecule has 0 unspecified atom stereocenters. The Kier molecular flexibility index (Phi) is 5.75.